The number of methoxy groups -OCH3 is 1. The van der Waals surface area contributed by atoms with Crippen LogP contribution in [0.2, 0.25) is 0 Å². The minimum atomic E-state index is -0.836. The van der Waals surface area contributed by atoms with Gasteiger partial charge in [-0.15, -0.1) is 0 Å². The predicted octanol–water partition coefficient (Wildman–Crippen LogP) is 2.51. The highest BCUT2D eigenvalue weighted by molar-refractivity contribution is 5.87. The second-order valence-electron chi connectivity index (χ2n) is 7.64. The lowest BCUT2D eigenvalue weighted by Crippen LogP contribution is -2.44. The van der Waals surface area contributed by atoms with Crippen LogP contribution in [0, 0.1) is 10.1 Å². The van der Waals surface area contributed by atoms with Gasteiger partial charge in [-0.1, -0.05) is 37.8 Å². The molecule has 3 heterocycles. The van der Waals surface area contributed by atoms with E-state index in [0.29, 0.717) is 6.42 Å². The van der Waals surface area contributed by atoms with Crippen LogP contribution in [-0.4, -0.2) is 62.2 Å². The van der Waals surface area contributed by atoms with E-state index in [9.17, 15) is 19.7 Å². The molecule has 0 radical (unpaired) electrons. The van der Waals surface area contributed by atoms with Crippen LogP contribution >= 0.6 is 0 Å². The molecule has 1 fully saturated rings. The molecule has 0 spiro atoms. The quantitative estimate of drug-likeness (QED) is 0.219. The monoisotopic (exact) mass is 449 g/mol. The summed E-state index contributed by atoms with van der Waals surface area (Å²) in [6.07, 6.45) is 7.90. The fourth-order valence-corrected chi connectivity index (χ4v) is 3.86. The summed E-state index contributed by atoms with van der Waals surface area (Å²) in [7, 11) is 1.26. The van der Waals surface area contributed by atoms with Crippen molar-refractivity contribution in [2.45, 2.75) is 63.6 Å². The maximum atomic E-state index is 13.6. The minimum absolute atomic E-state index is 0.140. The zero-order valence-electron chi connectivity index (χ0n) is 18.1. The summed E-state index contributed by atoms with van der Waals surface area (Å²) < 4.78 is 17.0. The van der Waals surface area contributed by atoms with Crippen LogP contribution in [0.3, 0.4) is 0 Å². The Kier molecular flexibility index (Phi) is 7.79. The van der Waals surface area contributed by atoms with Gasteiger partial charge in [-0.05, 0) is 16.3 Å². The average molecular weight is 449 g/mol. The first kappa shape index (κ1) is 23.2. The van der Waals surface area contributed by atoms with Gasteiger partial charge in [0.05, 0.1) is 19.9 Å². The highest BCUT2D eigenvalue weighted by atomic mass is 16.6. The van der Waals surface area contributed by atoms with Crippen molar-refractivity contribution in [3.05, 3.63) is 34.9 Å². The number of nitro groups is 1. The number of amides is 1. The topological polar surface area (TPSA) is 143 Å². The van der Waals surface area contributed by atoms with Crippen molar-refractivity contribution >= 4 is 17.7 Å². The van der Waals surface area contributed by atoms with Gasteiger partial charge in [-0.3, -0.25) is 9.36 Å². The number of imidazole rings is 1. The number of aromatic nitrogens is 3. The van der Waals surface area contributed by atoms with Gasteiger partial charge in [-0.2, -0.15) is 0 Å². The van der Waals surface area contributed by atoms with Crippen LogP contribution in [0.4, 0.5) is 5.82 Å². The molecule has 0 bridgehead atoms. The highest BCUT2D eigenvalue weighted by Gasteiger charge is 2.44. The van der Waals surface area contributed by atoms with Gasteiger partial charge < -0.3 is 29.0 Å². The zero-order chi connectivity index (χ0) is 23.1. The van der Waals surface area contributed by atoms with Crippen LogP contribution < -0.4 is 4.74 Å². The molecule has 0 unspecified atom stereocenters. The molecular weight excluding hydrogens is 422 g/mol. The van der Waals surface area contributed by atoms with Crippen molar-refractivity contribution in [2.24, 2.45) is 0 Å². The van der Waals surface area contributed by atoms with Gasteiger partial charge in [-0.25, -0.2) is 4.79 Å². The fourth-order valence-electron chi connectivity index (χ4n) is 3.86. The Morgan fingerprint density at radius 1 is 1.38 bits per heavy atom. The van der Waals surface area contributed by atoms with E-state index in [1.54, 1.807) is 6.07 Å². The van der Waals surface area contributed by atoms with E-state index in [0.717, 1.165) is 25.7 Å². The summed E-state index contributed by atoms with van der Waals surface area (Å²) >= 11 is 0. The molecule has 12 heteroatoms. The number of rotatable bonds is 11. The Labute approximate surface area is 184 Å². The van der Waals surface area contributed by atoms with Crippen molar-refractivity contribution in [1.29, 1.82) is 0 Å². The molecule has 3 rings (SSSR count). The number of hydrogen-bond donors (Lipinski definition) is 0. The first-order valence-electron chi connectivity index (χ1n) is 10.6. The number of unbranched alkanes of at least 4 members (excludes halogenated alkanes) is 3. The van der Waals surface area contributed by atoms with Crippen molar-refractivity contribution < 1.29 is 28.5 Å². The molecule has 1 amide bonds. The molecule has 32 heavy (non-hydrogen) atoms. The van der Waals surface area contributed by atoms with Crippen LogP contribution in [0.15, 0.2) is 29.3 Å². The molecule has 2 aromatic rings. The second-order valence-corrected chi connectivity index (χ2v) is 7.64. The molecule has 3 atom stereocenters. The average Bonchev–Trinajstić information content (AvgIpc) is 3.54. The summed E-state index contributed by atoms with van der Waals surface area (Å²) in [5.41, 5.74) is 0. The van der Waals surface area contributed by atoms with Crippen molar-refractivity contribution in [3.8, 4) is 5.95 Å². The lowest BCUT2D eigenvalue weighted by molar-refractivity contribution is -0.389. The first-order chi connectivity index (χ1) is 15.4. The number of hydrogen-bond acceptors (Lipinski definition) is 9. The summed E-state index contributed by atoms with van der Waals surface area (Å²) in [5, 5.41) is 14.7. The van der Waals surface area contributed by atoms with Crippen LogP contribution in [-0.2, 0) is 14.3 Å². The lowest BCUT2D eigenvalue weighted by atomic mass is 10.1. The maximum absolute atomic E-state index is 13.6. The smallest absolute Gasteiger partial charge is 0.381 e. The third-order valence-corrected chi connectivity index (χ3v) is 5.47. The van der Waals surface area contributed by atoms with E-state index in [4.69, 9.17) is 14.0 Å². The van der Waals surface area contributed by atoms with Crippen LogP contribution in [0.5, 0.6) is 5.95 Å². The van der Waals surface area contributed by atoms with Crippen molar-refractivity contribution in [1.82, 2.24) is 19.6 Å². The Balaban J connectivity index is 1.81. The summed E-state index contributed by atoms with van der Waals surface area (Å²) in [4.78, 5) is 41.7. The largest absolute Gasteiger partial charge is 0.467 e. The number of carbonyl (C=O) groups is 2. The van der Waals surface area contributed by atoms with Crippen LogP contribution in [0.1, 0.15) is 51.5 Å². The predicted molar refractivity (Wildman–Crippen MR) is 110 cm³/mol. The second kappa shape index (κ2) is 10.7. The molecule has 2 aromatic heterocycles. The van der Waals surface area contributed by atoms with E-state index in [-0.39, 0.29) is 30.6 Å². The summed E-state index contributed by atoms with van der Waals surface area (Å²) in [6, 6.07) is -0.0278. The number of carbonyl (C=O) groups excluding carboxylic acids is 2. The third-order valence-electron chi connectivity index (χ3n) is 5.47. The minimum Gasteiger partial charge on any atom is -0.467 e. The molecule has 0 aliphatic carbocycles. The number of ether oxygens (including phenoxy) is 2. The molecule has 0 N–H and O–H groups in total. The summed E-state index contributed by atoms with van der Waals surface area (Å²) in [6.45, 7) is 2.23. The van der Waals surface area contributed by atoms with Crippen molar-refractivity contribution in [3.63, 3.8) is 0 Å². The molecule has 1 aliphatic heterocycles. The highest BCUT2D eigenvalue weighted by Crippen LogP contribution is 2.29. The van der Waals surface area contributed by atoms with Gasteiger partial charge in [0.15, 0.2) is 0 Å². The lowest BCUT2D eigenvalue weighted by Gasteiger charge is -2.27. The van der Waals surface area contributed by atoms with Gasteiger partial charge >= 0.3 is 17.7 Å². The standard InChI is InChI=1S/C20H27N5O7/c1-3-4-5-6-7-15(23-12-17(21-13-23)25(28)29)19(26)24-11-14(10-16(24)20(27)30-2)31-18-8-9-22-32-18/h8-9,12-16H,3-7,10-11H2,1-2H3/t14-,15+,16-/m0/s1. The van der Waals surface area contributed by atoms with E-state index in [1.807, 2.05) is 0 Å². The zero-order valence-corrected chi connectivity index (χ0v) is 18.1. The molecule has 0 aromatic carbocycles. The Hall–Kier alpha value is -3.44. The fraction of sp³-hybridized carbons (Fsp3) is 0.600. The first-order valence-corrected chi connectivity index (χ1v) is 10.6. The maximum Gasteiger partial charge on any atom is 0.381 e. The normalized spacial score (nSPS) is 19.0. The van der Waals surface area contributed by atoms with Gasteiger partial charge in [0, 0.05) is 12.5 Å². The van der Waals surface area contributed by atoms with Crippen molar-refractivity contribution in [2.75, 3.05) is 13.7 Å². The Morgan fingerprint density at radius 2 is 2.19 bits per heavy atom. The molecule has 1 saturated heterocycles. The Bertz CT molecular complexity index is 913. The molecule has 174 valence electrons. The molecule has 12 nitrogen and oxygen atoms in total. The van der Waals surface area contributed by atoms with Crippen LogP contribution in [0.25, 0.3) is 0 Å². The molecule has 1 aliphatic rings. The number of esters is 1. The number of likely N-dealkylation sites (tertiary alicyclic amines) is 1. The Morgan fingerprint density at radius 3 is 2.81 bits per heavy atom. The summed E-state index contributed by atoms with van der Waals surface area (Å²) in [5.74, 6) is -1.04. The third kappa shape index (κ3) is 5.42. The molecular formula is C20H27N5O7. The SMILES string of the molecule is CCCCCC[C@H](C(=O)N1C[C@@H](Oc2ccno2)C[C@H]1C(=O)OC)n1cnc([N+](=O)[O-])c1. The number of nitrogens with zero attached hydrogens (tertiary/aromatic N) is 5. The van der Waals surface area contributed by atoms with Gasteiger partial charge in [0.2, 0.25) is 12.2 Å². The van der Waals surface area contributed by atoms with E-state index in [2.05, 4.69) is 17.1 Å². The van der Waals surface area contributed by atoms with Gasteiger partial charge in [0.25, 0.3) is 0 Å². The molecule has 0 saturated carbocycles. The van der Waals surface area contributed by atoms with Gasteiger partial charge in [0.1, 0.15) is 24.4 Å². The van der Waals surface area contributed by atoms with E-state index >= 15 is 0 Å². The van der Waals surface area contributed by atoms with E-state index in [1.165, 1.54) is 35.3 Å². The van der Waals surface area contributed by atoms with E-state index < -0.39 is 29.1 Å².